The van der Waals surface area contributed by atoms with Gasteiger partial charge in [0.15, 0.2) is 5.78 Å². The van der Waals surface area contributed by atoms with Crippen molar-refractivity contribution in [1.82, 2.24) is 0 Å². The lowest BCUT2D eigenvalue weighted by atomic mass is 10.00. The fourth-order valence-electron chi connectivity index (χ4n) is 1.77. The van der Waals surface area contributed by atoms with Gasteiger partial charge in [-0.05, 0) is 17.7 Å². The van der Waals surface area contributed by atoms with Gasteiger partial charge in [-0.3, -0.25) is 4.79 Å². The molecule has 0 aliphatic rings. The number of carbonyl (C=O) groups is 2. The van der Waals surface area contributed by atoms with Crippen molar-refractivity contribution >= 4 is 12.1 Å². The molecule has 0 saturated carbocycles. The first-order chi connectivity index (χ1) is 8.72. The second-order valence-electron chi connectivity index (χ2n) is 3.89. The van der Waals surface area contributed by atoms with Crippen LogP contribution in [0.2, 0.25) is 0 Å². The van der Waals surface area contributed by atoms with Gasteiger partial charge in [-0.15, -0.1) is 0 Å². The van der Waals surface area contributed by atoms with E-state index in [0.717, 1.165) is 5.56 Å². The number of hydrogen-bond donors (Lipinski definition) is 1. The molecule has 0 unspecified atom stereocenters. The average Bonchev–Trinajstić information content (AvgIpc) is 2.40. The lowest BCUT2D eigenvalue weighted by Crippen LogP contribution is -1.99. The van der Waals surface area contributed by atoms with E-state index in [-0.39, 0.29) is 18.0 Å². The summed E-state index contributed by atoms with van der Waals surface area (Å²) in [6, 6.07) is 13.8. The van der Waals surface area contributed by atoms with Crippen LogP contribution in [-0.4, -0.2) is 17.2 Å². The van der Waals surface area contributed by atoms with Crippen molar-refractivity contribution in [2.45, 2.75) is 6.42 Å². The molecule has 0 saturated heterocycles. The molecule has 0 aliphatic heterocycles. The molecule has 3 nitrogen and oxygen atoms in total. The maximum atomic E-state index is 11.6. The number of benzene rings is 2. The molecule has 0 atom stereocenters. The number of aldehydes is 1. The largest absolute Gasteiger partial charge is 0.507 e. The molecule has 0 radical (unpaired) electrons. The van der Waals surface area contributed by atoms with E-state index in [1.165, 1.54) is 0 Å². The van der Waals surface area contributed by atoms with Gasteiger partial charge in [0.1, 0.15) is 12.0 Å². The number of rotatable bonds is 4. The Kier molecular flexibility index (Phi) is 3.53. The van der Waals surface area contributed by atoms with E-state index < -0.39 is 0 Å². The molecule has 90 valence electrons. The highest BCUT2D eigenvalue weighted by Crippen LogP contribution is 2.29. The van der Waals surface area contributed by atoms with Gasteiger partial charge in [0.25, 0.3) is 0 Å². The minimum atomic E-state index is -0.220. The molecule has 0 bridgehead atoms. The first-order valence-electron chi connectivity index (χ1n) is 5.57. The molecular weight excluding hydrogens is 228 g/mol. The average molecular weight is 240 g/mol. The lowest BCUT2D eigenvalue weighted by Gasteiger charge is -2.06. The van der Waals surface area contributed by atoms with E-state index in [9.17, 15) is 14.7 Å². The topological polar surface area (TPSA) is 54.4 Å². The second-order valence-corrected chi connectivity index (χ2v) is 3.89. The first-order valence-corrected chi connectivity index (χ1v) is 5.57. The number of hydrogen-bond acceptors (Lipinski definition) is 3. The summed E-state index contributed by atoms with van der Waals surface area (Å²) < 4.78 is 0. The van der Waals surface area contributed by atoms with E-state index in [4.69, 9.17) is 0 Å². The molecule has 2 rings (SSSR count). The van der Waals surface area contributed by atoms with Crippen LogP contribution in [0.5, 0.6) is 5.75 Å². The maximum absolute atomic E-state index is 11.6. The third kappa shape index (κ3) is 2.46. The highest BCUT2D eigenvalue weighted by atomic mass is 16.3. The number of aromatic hydroxyl groups is 1. The molecule has 0 aromatic heterocycles. The quantitative estimate of drug-likeness (QED) is 0.508. The minimum Gasteiger partial charge on any atom is -0.507 e. The molecule has 0 heterocycles. The fourth-order valence-corrected chi connectivity index (χ4v) is 1.77. The molecule has 18 heavy (non-hydrogen) atoms. The Morgan fingerprint density at radius 3 is 2.61 bits per heavy atom. The number of para-hydroxylation sites is 1. The third-order valence-electron chi connectivity index (χ3n) is 2.67. The van der Waals surface area contributed by atoms with Gasteiger partial charge in [0.05, 0.1) is 6.42 Å². The number of ketones is 1. The molecule has 0 amide bonds. The van der Waals surface area contributed by atoms with Crippen molar-refractivity contribution in [2.24, 2.45) is 0 Å². The van der Waals surface area contributed by atoms with E-state index in [1.807, 2.05) is 12.1 Å². The molecule has 1 N–H and O–H groups in total. The van der Waals surface area contributed by atoms with Crippen molar-refractivity contribution in [2.75, 3.05) is 0 Å². The zero-order valence-corrected chi connectivity index (χ0v) is 9.67. The van der Waals surface area contributed by atoms with E-state index in [1.54, 1.807) is 36.4 Å². The Hall–Kier alpha value is -2.42. The SMILES string of the molecule is O=CCC(=O)c1cccc(-c2ccccc2O)c1. The summed E-state index contributed by atoms with van der Waals surface area (Å²) in [6.07, 6.45) is 0.471. The van der Waals surface area contributed by atoms with E-state index in [2.05, 4.69) is 0 Å². The van der Waals surface area contributed by atoms with E-state index >= 15 is 0 Å². The van der Waals surface area contributed by atoms with Gasteiger partial charge < -0.3 is 9.90 Å². The predicted molar refractivity (Wildman–Crippen MR) is 68.6 cm³/mol. The Balaban J connectivity index is 2.42. The highest BCUT2D eigenvalue weighted by molar-refractivity contribution is 6.03. The van der Waals surface area contributed by atoms with Crippen LogP contribution in [0.15, 0.2) is 48.5 Å². The van der Waals surface area contributed by atoms with Crippen LogP contribution in [0.1, 0.15) is 16.8 Å². The van der Waals surface area contributed by atoms with Gasteiger partial charge in [0, 0.05) is 11.1 Å². The Morgan fingerprint density at radius 1 is 1.11 bits per heavy atom. The van der Waals surface area contributed by atoms with Crippen LogP contribution in [0.4, 0.5) is 0 Å². The zero-order chi connectivity index (χ0) is 13.0. The van der Waals surface area contributed by atoms with Crippen molar-refractivity contribution in [1.29, 1.82) is 0 Å². The van der Waals surface area contributed by atoms with Crippen molar-refractivity contribution in [3.8, 4) is 16.9 Å². The molecule has 0 aliphatic carbocycles. The first kappa shape index (κ1) is 12.0. The van der Waals surface area contributed by atoms with Gasteiger partial charge in [-0.1, -0.05) is 36.4 Å². The predicted octanol–water partition coefficient (Wildman–Crippen LogP) is 2.83. The highest BCUT2D eigenvalue weighted by Gasteiger charge is 2.08. The van der Waals surface area contributed by atoms with Gasteiger partial charge in [0.2, 0.25) is 0 Å². The summed E-state index contributed by atoms with van der Waals surface area (Å²) in [6.45, 7) is 0. The summed E-state index contributed by atoms with van der Waals surface area (Å²) in [7, 11) is 0. The Labute approximate surface area is 105 Å². The lowest BCUT2D eigenvalue weighted by molar-refractivity contribution is -0.107. The van der Waals surface area contributed by atoms with Crippen LogP contribution in [0.25, 0.3) is 11.1 Å². The Morgan fingerprint density at radius 2 is 1.89 bits per heavy atom. The van der Waals surface area contributed by atoms with Crippen molar-refractivity contribution < 1.29 is 14.7 Å². The summed E-state index contributed by atoms with van der Waals surface area (Å²) in [4.78, 5) is 22.0. The number of phenolic OH excluding ortho intramolecular Hbond substituents is 1. The van der Waals surface area contributed by atoms with Crippen LogP contribution < -0.4 is 0 Å². The number of phenols is 1. The second kappa shape index (κ2) is 5.27. The molecule has 3 heteroatoms. The summed E-state index contributed by atoms with van der Waals surface area (Å²) >= 11 is 0. The molecule has 0 spiro atoms. The number of carbonyl (C=O) groups excluding carboxylic acids is 2. The smallest absolute Gasteiger partial charge is 0.169 e. The summed E-state index contributed by atoms with van der Waals surface area (Å²) in [5, 5.41) is 9.76. The van der Waals surface area contributed by atoms with Gasteiger partial charge in [-0.25, -0.2) is 0 Å². The third-order valence-corrected chi connectivity index (χ3v) is 2.67. The molecular formula is C15H12O3. The molecule has 2 aromatic carbocycles. The van der Waals surface area contributed by atoms with Crippen LogP contribution in [0, 0.1) is 0 Å². The van der Waals surface area contributed by atoms with Gasteiger partial charge >= 0.3 is 0 Å². The van der Waals surface area contributed by atoms with E-state index in [0.29, 0.717) is 17.4 Å². The van der Waals surface area contributed by atoms with Gasteiger partial charge in [-0.2, -0.15) is 0 Å². The monoisotopic (exact) mass is 240 g/mol. The van der Waals surface area contributed by atoms with Crippen LogP contribution in [-0.2, 0) is 4.79 Å². The minimum absolute atomic E-state index is 0.121. The number of Topliss-reactive ketones (excluding diaryl/α,β-unsaturated/α-hetero) is 1. The van der Waals surface area contributed by atoms with Crippen LogP contribution in [0.3, 0.4) is 0 Å². The summed E-state index contributed by atoms with van der Waals surface area (Å²) in [5.41, 5.74) is 1.89. The van der Waals surface area contributed by atoms with Crippen molar-refractivity contribution in [3.63, 3.8) is 0 Å². The standard InChI is InChI=1S/C15H12O3/c16-9-8-14(17)12-5-3-4-11(10-12)13-6-1-2-7-15(13)18/h1-7,9-10,18H,8H2. The molecule has 2 aromatic rings. The Bertz CT molecular complexity index is 588. The maximum Gasteiger partial charge on any atom is 0.169 e. The molecule has 0 fully saturated rings. The van der Waals surface area contributed by atoms with Crippen LogP contribution >= 0.6 is 0 Å². The zero-order valence-electron chi connectivity index (χ0n) is 9.67. The van der Waals surface area contributed by atoms with Crippen molar-refractivity contribution in [3.05, 3.63) is 54.1 Å². The normalized spacial score (nSPS) is 10.0. The summed E-state index contributed by atoms with van der Waals surface area (Å²) in [5.74, 6) is -0.0558. The fraction of sp³-hybridized carbons (Fsp3) is 0.0667.